The molecule has 130 valence electrons. The average molecular weight is 337 g/mol. The van der Waals surface area contributed by atoms with Crippen LogP contribution in [0.5, 0.6) is 0 Å². The second kappa shape index (κ2) is 7.92. The normalized spacial score (nSPS) is 12.8. The number of carbonyl (C=O) groups excluding carboxylic acids is 2. The number of pyridine rings is 1. The Morgan fingerprint density at radius 1 is 1.08 bits per heavy atom. The molecule has 0 fully saturated rings. The van der Waals surface area contributed by atoms with Crippen LogP contribution in [0.25, 0.3) is 0 Å². The van der Waals surface area contributed by atoms with E-state index in [-0.39, 0.29) is 17.5 Å². The van der Waals surface area contributed by atoms with Gasteiger partial charge in [-0.3, -0.25) is 9.59 Å². The summed E-state index contributed by atoms with van der Waals surface area (Å²) in [5.41, 5.74) is 2.69. The summed E-state index contributed by atoms with van der Waals surface area (Å²) in [6.45, 7) is 3.40. The topological polar surface area (TPSA) is 62.3 Å². The summed E-state index contributed by atoms with van der Waals surface area (Å²) in [4.78, 5) is 31.0. The number of nitrogens with one attached hydrogen (secondary N) is 1. The van der Waals surface area contributed by atoms with Gasteiger partial charge in [-0.25, -0.2) is 4.98 Å². The first-order valence-corrected chi connectivity index (χ1v) is 8.85. The molecular formula is C20H23N3O2. The molecule has 0 radical (unpaired) electrons. The van der Waals surface area contributed by atoms with E-state index in [1.54, 1.807) is 23.1 Å². The summed E-state index contributed by atoms with van der Waals surface area (Å²) in [6, 6.07) is 12.9. The molecule has 25 heavy (non-hydrogen) atoms. The first kappa shape index (κ1) is 17.1. The SMILES string of the molecule is CCCCCNC(=O)c1cccc(C(=O)N2CCc3ccccc32)n1. The van der Waals surface area contributed by atoms with E-state index in [9.17, 15) is 9.59 Å². The molecule has 1 N–H and O–H groups in total. The maximum atomic E-state index is 12.8. The number of fused-ring (bicyclic) bond motifs is 1. The Hall–Kier alpha value is -2.69. The maximum absolute atomic E-state index is 12.8. The predicted octanol–water partition coefficient (Wildman–Crippen LogP) is 3.20. The lowest BCUT2D eigenvalue weighted by molar-refractivity contribution is 0.0947. The first-order valence-electron chi connectivity index (χ1n) is 8.85. The average Bonchev–Trinajstić information content (AvgIpc) is 3.08. The molecule has 0 spiro atoms. The molecular weight excluding hydrogens is 314 g/mol. The van der Waals surface area contributed by atoms with Gasteiger partial charge in [0.1, 0.15) is 11.4 Å². The highest BCUT2D eigenvalue weighted by Gasteiger charge is 2.26. The van der Waals surface area contributed by atoms with Gasteiger partial charge < -0.3 is 10.2 Å². The number of rotatable bonds is 6. The fourth-order valence-corrected chi connectivity index (χ4v) is 3.04. The number of unbranched alkanes of at least 4 members (excludes halogenated alkanes) is 2. The highest BCUT2D eigenvalue weighted by atomic mass is 16.2. The number of carbonyl (C=O) groups is 2. The monoisotopic (exact) mass is 337 g/mol. The Bertz CT molecular complexity index is 773. The third-order valence-corrected chi connectivity index (χ3v) is 4.40. The first-order chi connectivity index (χ1) is 12.2. The van der Waals surface area contributed by atoms with Crippen LogP contribution in [-0.4, -0.2) is 29.9 Å². The second-order valence-electron chi connectivity index (χ2n) is 6.21. The van der Waals surface area contributed by atoms with Gasteiger partial charge in [0.15, 0.2) is 0 Å². The van der Waals surface area contributed by atoms with Crippen LogP contribution in [0.4, 0.5) is 5.69 Å². The Kier molecular flexibility index (Phi) is 5.43. The van der Waals surface area contributed by atoms with Crippen molar-refractivity contribution in [3.63, 3.8) is 0 Å². The Labute approximate surface area is 148 Å². The van der Waals surface area contributed by atoms with Crippen LogP contribution in [0.15, 0.2) is 42.5 Å². The van der Waals surface area contributed by atoms with Gasteiger partial charge in [0.2, 0.25) is 0 Å². The summed E-state index contributed by atoms with van der Waals surface area (Å²) < 4.78 is 0. The van der Waals surface area contributed by atoms with Crippen molar-refractivity contribution in [3.05, 3.63) is 59.4 Å². The van der Waals surface area contributed by atoms with Crippen LogP contribution >= 0.6 is 0 Å². The summed E-state index contributed by atoms with van der Waals surface area (Å²) in [7, 11) is 0. The van der Waals surface area contributed by atoms with Crippen LogP contribution in [0.3, 0.4) is 0 Å². The Balaban J connectivity index is 1.71. The van der Waals surface area contributed by atoms with Gasteiger partial charge in [-0.1, -0.05) is 44.0 Å². The van der Waals surface area contributed by atoms with Crippen LogP contribution in [-0.2, 0) is 6.42 Å². The molecule has 0 bridgehead atoms. The number of hydrogen-bond donors (Lipinski definition) is 1. The van der Waals surface area contributed by atoms with Crippen molar-refractivity contribution in [1.29, 1.82) is 0 Å². The third kappa shape index (κ3) is 3.87. The number of amides is 2. The van der Waals surface area contributed by atoms with E-state index in [2.05, 4.69) is 17.2 Å². The van der Waals surface area contributed by atoms with Crippen LogP contribution < -0.4 is 10.2 Å². The lowest BCUT2D eigenvalue weighted by Gasteiger charge is -2.17. The number of benzene rings is 1. The number of hydrogen-bond acceptors (Lipinski definition) is 3. The van der Waals surface area contributed by atoms with Gasteiger partial charge >= 0.3 is 0 Å². The van der Waals surface area contributed by atoms with Crippen molar-refractivity contribution >= 4 is 17.5 Å². The molecule has 0 saturated heterocycles. The summed E-state index contributed by atoms with van der Waals surface area (Å²) in [5.74, 6) is -0.391. The zero-order valence-corrected chi connectivity index (χ0v) is 14.5. The lowest BCUT2D eigenvalue weighted by Crippen LogP contribution is -2.31. The minimum atomic E-state index is -0.229. The fourth-order valence-electron chi connectivity index (χ4n) is 3.04. The van der Waals surface area contributed by atoms with E-state index in [4.69, 9.17) is 0 Å². The van der Waals surface area contributed by atoms with E-state index in [1.165, 1.54) is 5.56 Å². The minimum absolute atomic E-state index is 0.161. The smallest absolute Gasteiger partial charge is 0.276 e. The molecule has 2 aromatic rings. The molecule has 2 heterocycles. The Morgan fingerprint density at radius 2 is 1.88 bits per heavy atom. The molecule has 5 heteroatoms. The molecule has 0 atom stereocenters. The van der Waals surface area contributed by atoms with Crippen molar-refractivity contribution in [3.8, 4) is 0 Å². The molecule has 3 rings (SSSR count). The van der Waals surface area contributed by atoms with Gasteiger partial charge in [0, 0.05) is 18.8 Å². The summed E-state index contributed by atoms with van der Waals surface area (Å²) in [5, 5.41) is 2.86. The molecule has 2 amide bonds. The molecule has 1 aromatic carbocycles. The van der Waals surface area contributed by atoms with Crippen LogP contribution in [0.2, 0.25) is 0 Å². The van der Waals surface area contributed by atoms with Crippen molar-refractivity contribution in [2.75, 3.05) is 18.0 Å². The molecule has 1 aliphatic heterocycles. The molecule has 0 unspecified atom stereocenters. The number of aromatic nitrogens is 1. The summed E-state index contributed by atoms with van der Waals surface area (Å²) in [6.07, 6.45) is 3.99. The zero-order valence-electron chi connectivity index (χ0n) is 14.5. The predicted molar refractivity (Wildman–Crippen MR) is 97.9 cm³/mol. The van der Waals surface area contributed by atoms with Gasteiger partial charge in [-0.05, 0) is 36.6 Å². The van der Waals surface area contributed by atoms with Crippen molar-refractivity contribution < 1.29 is 9.59 Å². The Morgan fingerprint density at radius 3 is 2.72 bits per heavy atom. The fraction of sp³-hybridized carbons (Fsp3) is 0.350. The van der Waals surface area contributed by atoms with E-state index in [0.29, 0.717) is 18.8 Å². The number of para-hydroxylation sites is 1. The quantitative estimate of drug-likeness (QED) is 0.823. The summed E-state index contributed by atoms with van der Waals surface area (Å²) >= 11 is 0. The van der Waals surface area contributed by atoms with Crippen LogP contribution in [0.1, 0.15) is 52.7 Å². The second-order valence-corrected chi connectivity index (χ2v) is 6.21. The van der Waals surface area contributed by atoms with Crippen LogP contribution in [0, 0.1) is 0 Å². The van der Waals surface area contributed by atoms with E-state index in [0.717, 1.165) is 31.4 Å². The van der Waals surface area contributed by atoms with Gasteiger partial charge in [-0.15, -0.1) is 0 Å². The molecule has 0 saturated carbocycles. The molecule has 0 aliphatic carbocycles. The molecule has 1 aromatic heterocycles. The van der Waals surface area contributed by atoms with Crippen molar-refractivity contribution in [1.82, 2.24) is 10.3 Å². The zero-order chi connectivity index (χ0) is 17.6. The van der Waals surface area contributed by atoms with Crippen molar-refractivity contribution in [2.24, 2.45) is 0 Å². The maximum Gasteiger partial charge on any atom is 0.276 e. The number of nitrogens with zero attached hydrogens (tertiary/aromatic N) is 2. The third-order valence-electron chi connectivity index (χ3n) is 4.40. The molecule has 1 aliphatic rings. The molecule has 5 nitrogen and oxygen atoms in total. The van der Waals surface area contributed by atoms with E-state index < -0.39 is 0 Å². The van der Waals surface area contributed by atoms with Gasteiger partial charge in [0.05, 0.1) is 0 Å². The van der Waals surface area contributed by atoms with E-state index in [1.807, 2.05) is 24.3 Å². The van der Waals surface area contributed by atoms with Crippen molar-refractivity contribution in [2.45, 2.75) is 32.6 Å². The lowest BCUT2D eigenvalue weighted by atomic mass is 10.2. The van der Waals surface area contributed by atoms with Gasteiger partial charge in [0.25, 0.3) is 11.8 Å². The largest absolute Gasteiger partial charge is 0.351 e. The van der Waals surface area contributed by atoms with Gasteiger partial charge in [-0.2, -0.15) is 0 Å². The standard InChI is InChI=1S/C20H23N3O2/c1-2-3-6-13-21-19(24)16-9-7-10-17(22-16)20(25)23-14-12-15-8-4-5-11-18(15)23/h4-5,7-11H,2-3,6,12-14H2,1H3,(H,21,24). The number of anilines is 1. The van der Waals surface area contributed by atoms with E-state index >= 15 is 0 Å². The highest BCUT2D eigenvalue weighted by Crippen LogP contribution is 2.28. The highest BCUT2D eigenvalue weighted by molar-refractivity contribution is 6.06. The minimum Gasteiger partial charge on any atom is -0.351 e.